The van der Waals surface area contributed by atoms with Crippen LogP contribution in [0.5, 0.6) is 0 Å². The molecule has 1 aliphatic heterocycles. The van der Waals surface area contributed by atoms with E-state index in [2.05, 4.69) is 15.2 Å². The van der Waals surface area contributed by atoms with E-state index in [-0.39, 0.29) is 0 Å². The second kappa shape index (κ2) is 3.94. The van der Waals surface area contributed by atoms with Crippen LogP contribution >= 0.6 is 0 Å². The Labute approximate surface area is 107 Å². The van der Waals surface area contributed by atoms with Gasteiger partial charge in [0.2, 0.25) is 0 Å². The zero-order valence-corrected chi connectivity index (χ0v) is 10.0. The third kappa shape index (κ3) is 1.93. The van der Waals surface area contributed by atoms with Crippen molar-refractivity contribution in [1.29, 1.82) is 0 Å². The smallest absolute Gasteiger partial charge is 0.288 e. The standard InChI is InChI=1S/C13H10F3N3/c1-7-11(6-18-19-7)10-3-9(13(14,15)16)2-8-4-17-5-12(8)10/h2-3,5-6H,4H2,1H3,(H,18,19). The predicted octanol–water partition coefficient (Wildman–Crippen LogP) is 3.34. The third-order valence-corrected chi connectivity index (χ3v) is 3.20. The van der Waals surface area contributed by atoms with Crippen LogP contribution in [0.15, 0.2) is 23.3 Å². The molecule has 98 valence electrons. The number of aromatic nitrogens is 2. The Balaban J connectivity index is 2.26. The average Bonchev–Trinajstić information content (AvgIpc) is 2.94. The summed E-state index contributed by atoms with van der Waals surface area (Å²) in [6.07, 6.45) is -1.20. The van der Waals surface area contributed by atoms with E-state index in [1.807, 2.05) is 0 Å². The molecule has 0 unspecified atom stereocenters. The van der Waals surface area contributed by atoms with Gasteiger partial charge in [-0.1, -0.05) is 0 Å². The van der Waals surface area contributed by atoms with Gasteiger partial charge in [-0.05, 0) is 30.2 Å². The summed E-state index contributed by atoms with van der Waals surface area (Å²) in [7, 11) is 0. The number of hydrogen-bond acceptors (Lipinski definition) is 2. The number of benzene rings is 1. The summed E-state index contributed by atoms with van der Waals surface area (Å²) in [6, 6.07) is 2.33. The molecule has 1 aromatic heterocycles. The number of nitrogens with zero attached hydrogens (tertiary/aromatic N) is 2. The molecule has 0 aliphatic carbocycles. The molecule has 19 heavy (non-hydrogen) atoms. The monoisotopic (exact) mass is 265 g/mol. The lowest BCUT2D eigenvalue weighted by Crippen LogP contribution is -2.07. The lowest BCUT2D eigenvalue weighted by Gasteiger charge is -2.12. The molecular weight excluding hydrogens is 255 g/mol. The summed E-state index contributed by atoms with van der Waals surface area (Å²) in [6.45, 7) is 2.07. The minimum Gasteiger partial charge on any atom is -0.288 e. The third-order valence-electron chi connectivity index (χ3n) is 3.20. The van der Waals surface area contributed by atoms with Crippen molar-refractivity contribution < 1.29 is 13.2 Å². The fourth-order valence-corrected chi connectivity index (χ4v) is 2.24. The average molecular weight is 265 g/mol. The fourth-order valence-electron chi connectivity index (χ4n) is 2.24. The zero-order valence-electron chi connectivity index (χ0n) is 10.0. The Morgan fingerprint density at radius 1 is 1.21 bits per heavy atom. The summed E-state index contributed by atoms with van der Waals surface area (Å²) in [4.78, 5) is 4.05. The van der Waals surface area contributed by atoms with E-state index < -0.39 is 11.7 Å². The molecule has 0 amide bonds. The van der Waals surface area contributed by atoms with Crippen molar-refractivity contribution in [3.63, 3.8) is 0 Å². The molecule has 0 saturated heterocycles. The number of nitrogens with one attached hydrogen (secondary N) is 1. The summed E-state index contributed by atoms with van der Waals surface area (Å²) in [5, 5.41) is 6.61. The van der Waals surface area contributed by atoms with Crippen molar-refractivity contribution in [2.24, 2.45) is 4.99 Å². The molecule has 1 aliphatic rings. The molecule has 0 spiro atoms. The van der Waals surface area contributed by atoms with Gasteiger partial charge < -0.3 is 0 Å². The molecule has 0 bridgehead atoms. The fraction of sp³-hybridized carbons (Fsp3) is 0.231. The van der Waals surface area contributed by atoms with E-state index in [9.17, 15) is 13.2 Å². The van der Waals surface area contributed by atoms with E-state index in [0.29, 0.717) is 23.2 Å². The van der Waals surface area contributed by atoms with E-state index in [4.69, 9.17) is 0 Å². The summed E-state index contributed by atoms with van der Waals surface area (Å²) < 4.78 is 38.7. The highest BCUT2D eigenvalue weighted by atomic mass is 19.4. The van der Waals surface area contributed by atoms with E-state index >= 15 is 0 Å². The van der Waals surface area contributed by atoms with Crippen molar-refractivity contribution in [3.8, 4) is 11.1 Å². The molecule has 1 aromatic carbocycles. The van der Waals surface area contributed by atoms with Crippen LogP contribution in [0, 0.1) is 6.92 Å². The van der Waals surface area contributed by atoms with Crippen LogP contribution < -0.4 is 0 Å². The van der Waals surface area contributed by atoms with E-state index in [0.717, 1.165) is 17.3 Å². The largest absolute Gasteiger partial charge is 0.416 e. The number of rotatable bonds is 1. The number of aromatic amines is 1. The number of hydrogen-bond donors (Lipinski definition) is 1. The maximum atomic E-state index is 12.9. The van der Waals surface area contributed by atoms with Crippen molar-refractivity contribution in [2.45, 2.75) is 19.6 Å². The maximum Gasteiger partial charge on any atom is 0.416 e. The first-order valence-electron chi connectivity index (χ1n) is 5.71. The Morgan fingerprint density at radius 3 is 2.63 bits per heavy atom. The second-order valence-corrected chi connectivity index (χ2v) is 4.47. The summed E-state index contributed by atoms with van der Waals surface area (Å²) in [5.41, 5.74) is 2.64. The van der Waals surface area contributed by atoms with Crippen LogP contribution in [0.25, 0.3) is 11.1 Å². The Morgan fingerprint density at radius 2 is 2.00 bits per heavy atom. The molecule has 0 radical (unpaired) electrons. The van der Waals surface area contributed by atoms with E-state index in [1.54, 1.807) is 13.1 Å². The number of aryl methyl sites for hydroxylation is 1. The normalized spacial score (nSPS) is 13.9. The molecule has 2 heterocycles. The van der Waals surface area contributed by atoms with Gasteiger partial charge in [-0.15, -0.1) is 0 Å². The highest BCUT2D eigenvalue weighted by molar-refractivity contribution is 5.94. The molecule has 0 saturated carbocycles. The Hall–Kier alpha value is -2.11. The molecular formula is C13H10F3N3. The van der Waals surface area contributed by atoms with Crippen LogP contribution in [0.2, 0.25) is 0 Å². The lowest BCUT2D eigenvalue weighted by molar-refractivity contribution is -0.137. The van der Waals surface area contributed by atoms with Gasteiger partial charge in [0.25, 0.3) is 0 Å². The number of fused-ring (bicyclic) bond motifs is 1. The second-order valence-electron chi connectivity index (χ2n) is 4.47. The molecule has 6 heteroatoms. The van der Waals surface area contributed by atoms with Gasteiger partial charge in [-0.3, -0.25) is 10.1 Å². The van der Waals surface area contributed by atoms with Gasteiger partial charge in [0, 0.05) is 23.0 Å². The minimum absolute atomic E-state index is 0.295. The van der Waals surface area contributed by atoms with Gasteiger partial charge in [0.15, 0.2) is 0 Å². The van der Waals surface area contributed by atoms with Crippen molar-refractivity contribution >= 4 is 6.21 Å². The van der Waals surface area contributed by atoms with Gasteiger partial charge in [-0.25, -0.2) is 0 Å². The number of aliphatic imine (C=N–C) groups is 1. The molecule has 0 fully saturated rings. The minimum atomic E-state index is -4.36. The molecule has 1 N–H and O–H groups in total. The maximum absolute atomic E-state index is 12.9. The first-order valence-corrected chi connectivity index (χ1v) is 5.71. The van der Waals surface area contributed by atoms with Gasteiger partial charge >= 0.3 is 6.18 Å². The molecule has 2 aromatic rings. The summed E-state index contributed by atoms with van der Waals surface area (Å²) >= 11 is 0. The number of halogens is 3. The first-order chi connectivity index (χ1) is 8.97. The molecule has 0 atom stereocenters. The highest BCUT2D eigenvalue weighted by Crippen LogP contribution is 2.37. The van der Waals surface area contributed by atoms with Crippen LogP contribution in [0.1, 0.15) is 22.4 Å². The first kappa shape index (κ1) is 12.0. The van der Waals surface area contributed by atoms with Crippen LogP contribution in [0.3, 0.4) is 0 Å². The quantitative estimate of drug-likeness (QED) is 0.844. The van der Waals surface area contributed by atoms with Crippen LogP contribution in [-0.2, 0) is 12.7 Å². The van der Waals surface area contributed by atoms with Gasteiger partial charge in [-0.2, -0.15) is 18.3 Å². The van der Waals surface area contributed by atoms with Crippen molar-refractivity contribution in [3.05, 3.63) is 40.7 Å². The van der Waals surface area contributed by atoms with Crippen molar-refractivity contribution in [2.75, 3.05) is 0 Å². The van der Waals surface area contributed by atoms with Gasteiger partial charge in [0.1, 0.15) is 0 Å². The van der Waals surface area contributed by atoms with Crippen LogP contribution in [0.4, 0.5) is 13.2 Å². The van der Waals surface area contributed by atoms with Gasteiger partial charge in [0.05, 0.1) is 18.3 Å². The highest BCUT2D eigenvalue weighted by Gasteiger charge is 2.32. The summed E-state index contributed by atoms with van der Waals surface area (Å²) in [5.74, 6) is 0. The van der Waals surface area contributed by atoms with Crippen molar-refractivity contribution in [1.82, 2.24) is 10.2 Å². The SMILES string of the molecule is Cc1[nH]ncc1-c1cc(C(F)(F)F)cc2c1C=NC2. The lowest BCUT2D eigenvalue weighted by atomic mass is 9.94. The number of H-pyrrole nitrogens is 1. The topological polar surface area (TPSA) is 41.0 Å². The molecule has 3 nitrogen and oxygen atoms in total. The van der Waals surface area contributed by atoms with Crippen LogP contribution in [-0.4, -0.2) is 16.4 Å². The van der Waals surface area contributed by atoms with E-state index in [1.165, 1.54) is 12.3 Å². The number of alkyl halides is 3. The molecule has 3 rings (SSSR count). The Bertz CT molecular complexity index is 668. The Kier molecular flexibility index (Phi) is 2.48. The predicted molar refractivity (Wildman–Crippen MR) is 65.1 cm³/mol. The zero-order chi connectivity index (χ0) is 13.6.